The zero-order chi connectivity index (χ0) is 12.2. The average Bonchev–Trinajstić information content (AvgIpc) is 2.29. The van der Waals surface area contributed by atoms with E-state index in [1.807, 2.05) is 0 Å². The molecule has 1 amide bonds. The van der Waals surface area contributed by atoms with Crippen LogP contribution in [0.1, 0.15) is 39.0 Å². The minimum atomic E-state index is -0.849. The Labute approximate surface area is 95.7 Å². The highest BCUT2D eigenvalue weighted by molar-refractivity contribution is 5.90. The Morgan fingerprint density at radius 2 is 1.88 bits per heavy atom. The quantitative estimate of drug-likeness (QED) is 0.682. The Morgan fingerprint density at radius 1 is 1.31 bits per heavy atom. The number of nitrogens with one attached hydrogen (secondary N) is 1. The van der Waals surface area contributed by atoms with E-state index in [2.05, 4.69) is 5.32 Å². The van der Waals surface area contributed by atoms with Crippen LogP contribution in [0.15, 0.2) is 0 Å². The zero-order valence-corrected chi connectivity index (χ0v) is 9.91. The van der Waals surface area contributed by atoms with Gasteiger partial charge >= 0.3 is 5.97 Å². The number of methoxy groups -OCH3 is 1. The highest BCUT2D eigenvalue weighted by Crippen LogP contribution is 2.29. The van der Waals surface area contributed by atoms with Gasteiger partial charge in [0.15, 0.2) is 0 Å². The molecule has 0 aliphatic heterocycles. The van der Waals surface area contributed by atoms with Crippen LogP contribution in [0.2, 0.25) is 0 Å². The molecular weight excluding hydrogens is 208 g/mol. The average molecular weight is 228 g/mol. The van der Waals surface area contributed by atoms with E-state index in [1.54, 1.807) is 6.92 Å². The van der Waals surface area contributed by atoms with Gasteiger partial charge in [-0.1, -0.05) is 19.3 Å². The van der Waals surface area contributed by atoms with E-state index in [-0.39, 0.29) is 11.9 Å². The van der Waals surface area contributed by atoms with Crippen LogP contribution >= 0.6 is 0 Å². The van der Waals surface area contributed by atoms with E-state index in [0.29, 0.717) is 12.8 Å². The van der Waals surface area contributed by atoms with Gasteiger partial charge < -0.3 is 15.8 Å². The zero-order valence-electron chi connectivity index (χ0n) is 9.91. The lowest BCUT2D eigenvalue weighted by molar-refractivity contribution is -0.152. The van der Waals surface area contributed by atoms with Gasteiger partial charge in [-0.15, -0.1) is 0 Å². The molecule has 1 aliphatic carbocycles. The molecule has 5 heteroatoms. The number of nitrogens with two attached hydrogens (primary N) is 1. The maximum Gasteiger partial charge on any atom is 0.331 e. The van der Waals surface area contributed by atoms with Gasteiger partial charge in [-0.3, -0.25) is 4.79 Å². The van der Waals surface area contributed by atoms with Crippen molar-refractivity contribution in [3.8, 4) is 0 Å². The van der Waals surface area contributed by atoms with Crippen LogP contribution in [0.3, 0.4) is 0 Å². The van der Waals surface area contributed by atoms with E-state index in [1.165, 1.54) is 7.11 Å². The van der Waals surface area contributed by atoms with E-state index in [4.69, 9.17) is 10.5 Å². The van der Waals surface area contributed by atoms with Crippen molar-refractivity contribution in [1.29, 1.82) is 0 Å². The molecule has 0 aromatic rings. The number of ether oxygens (including phenoxy) is 1. The van der Waals surface area contributed by atoms with Gasteiger partial charge in [0.2, 0.25) is 5.91 Å². The van der Waals surface area contributed by atoms with Gasteiger partial charge in [0.1, 0.15) is 5.54 Å². The lowest BCUT2D eigenvalue weighted by Gasteiger charge is -2.35. The first-order valence-corrected chi connectivity index (χ1v) is 5.68. The summed E-state index contributed by atoms with van der Waals surface area (Å²) in [6.45, 7) is 1.60. The van der Waals surface area contributed by atoms with Crippen LogP contribution < -0.4 is 11.1 Å². The standard InChI is InChI=1S/C11H20N2O3/c1-8(12)9(14)13-11(10(15)16-2)6-4-3-5-7-11/h8H,3-7,12H2,1-2H3,(H,13,14)/t8-/m1/s1. The molecule has 0 bridgehead atoms. The molecule has 1 saturated carbocycles. The topological polar surface area (TPSA) is 81.4 Å². The van der Waals surface area contributed by atoms with Gasteiger partial charge in [-0.2, -0.15) is 0 Å². The molecule has 1 aliphatic rings. The van der Waals surface area contributed by atoms with Crippen molar-refractivity contribution in [3.63, 3.8) is 0 Å². The predicted octanol–water partition coefficient (Wildman–Crippen LogP) is 0.326. The maximum atomic E-state index is 11.8. The summed E-state index contributed by atoms with van der Waals surface area (Å²) in [7, 11) is 1.34. The van der Waals surface area contributed by atoms with Crippen molar-refractivity contribution in [3.05, 3.63) is 0 Å². The predicted molar refractivity (Wildman–Crippen MR) is 59.6 cm³/mol. The molecule has 92 valence electrons. The molecule has 5 nitrogen and oxygen atoms in total. The molecule has 0 aromatic heterocycles. The second-order valence-electron chi connectivity index (χ2n) is 4.41. The SMILES string of the molecule is COC(=O)C1(NC(=O)[C@@H](C)N)CCCCC1. The van der Waals surface area contributed by atoms with Crippen molar-refractivity contribution in [2.75, 3.05) is 7.11 Å². The third kappa shape index (κ3) is 2.72. The van der Waals surface area contributed by atoms with Crippen molar-refractivity contribution >= 4 is 11.9 Å². The minimum Gasteiger partial charge on any atom is -0.467 e. The number of carbonyl (C=O) groups excluding carboxylic acids is 2. The molecule has 16 heavy (non-hydrogen) atoms. The molecular formula is C11H20N2O3. The van der Waals surface area contributed by atoms with Gasteiger partial charge in [-0.05, 0) is 19.8 Å². The summed E-state index contributed by atoms with van der Waals surface area (Å²) in [5.41, 5.74) is 4.64. The van der Waals surface area contributed by atoms with Gasteiger partial charge in [0, 0.05) is 0 Å². The Bertz CT molecular complexity index is 270. The van der Waals surface area contributed by atoms with E-state index < -0.39 is 11.6 Å². The van der Waals surface area contributed by atoms with Crippen LogP contribution in [0.25, 0.3) is 0 Å². The molecule has 0 saturated heterocycles. The summed E-state index contributed by atoms with van der Waals surface area (Å²) in [5.74, 6) is -0.659. The molecule has 1 rings (SSSR count). The molecule has 1 atom stereocenters. The summed E-state index contributed by atoms with van der Waals surface area (Å²) in [4.78, 5) is 23.4. The van der Waals surface area contributed by atoms with Crippen LogP contribution in [0.4, 0.5) is 0 Å². The molecule has 0 radical (unpaired) electrons. The summed E-state index contributed by atoms with van der Waals surface area (Å²) < 4.78 is 4.78. The summed E-state index contributed by atoms with van der Waals surface area (Å²) in [5, 5.41) is 2.74. The Morgan fingerprint density at radius 3 is 2.31 bits per heavy atom. The van der Waals surface area contributed by atoms with Gasteiger partial charge in [0.25, 0.3) is 0 Å². The third-order valence-corrected chi connectivity index (χ3v) is 3.06. The summed E-state index contributed by atoms with van der Waals surface area (Å²) in [6, 6.07) is -0.608. The van der Waals surface area contributed by atoms with E-state index >= 15 is 0 Å². The van der Waals surface area contributed by atoms with E-state index in [9.17, 15) is 9.59 Å². The Kier molecular flexibility index (Phi) is 4.29. The number of amides is 1. The fourth-order valence-electron chi connectivity index (χ4n) is 2.08. The fraction of sp³-hybridized carbons (Fsp3) is 0.818. The molecule has 3 N–H and O–H groups in total. The lowest BCUT2D eigenvalue weighted by Crippen LogP contribution is -2.59. The molecule has 0 heterocycles. The highest BCUT2D eigenvalue weighted by atomic mass is 16.5. The number of carbonyl (C=O) groups is 2. The van der Waals surface area contributed by atoms with Crippen LogP contribution in [-0.4, -0.2) is 30.6 Å². The Balaban J connectivity index is 2.78. The van der Waals surface area contributed by atoms with Crippen molar-refractivity contribution in [1.82, 2.24) is 5.32 Å². The maximum absolute atomic E-state index is 11.8. The number of hydrogen-bond acceptors (Lipinski definition) is 4. The number of hydrogen-bond donors (Lipinski definition) is 2. The normalized spacial score (nSPS) is 20.9. The second kappa shape index (κ2) is 5.30. The largest absolute Gasteiger partial charge is 0.467 e. The van der Waals surface area contributed by atoms with Crippen LogP contribution in [0.5, 0.6) is 0 Å². The third-order valence-electron chi connectivity index (χ3n) is 3.06. The fourth-order valence-corrected chi connectivity index (χ4v) is 2.08. The van der Waals surface area contributed by atoms with E-state index in [0.717, 1.165) is 19.3 Å². The van der Waals surface area contributed by atoms with Crippen molar-refractivity contribution < 1.29 is 14.3 Å². The number of rotatable bonds is 3. The van der Waals surface area contributed by atoms with Gasteiger partial charge in [-0.25, -0.2) is 4.79 Å². The van der Waals surface area contributed by atoms with Crippen molar-refractivity contribution in [2.45, 2.75) is 50.6 Å². The first-order valence-electron chi connectivity index (χ1n) is 5.68. The molecule has 0 unspecified atom stereocenters. The first-order chi connectivity index (χ1) is 7.52. The Hall–Kier alpha value is -1.10. The summed E-state index contributed by atoms with van der Waals surface area (Å²) >= 11 is 0. The summed E-state index contributed by atoms with van der Waals surface area (Å²) in [6.07, 6.45) is 4.21. The van der Waals surface area contributed by atoms with Crippen molar-refractivity contribution in [2.24, 2.45) is 5.73 Å². The molecule has 1 fully saturated rings. The smallest absolute Gasteiger partial charge is 0.331 e. The molecule has 0 aromatic carbocycles. The second-order valence-corrected chi connectivity index (χ2v) is 4.41. The minimum absolute atomic E-state index is 0.299. The van der Waals surface area contributed by atoms with Crippen LogP contribution in [0, 0.1) is 0 Å². The van der Waals surface area contributed by atoms with Gasteiger partial charge in [0.05, 0.1) is 13.2 Å². The van der Waals surface area contributed by atoms with Crippen LogP contribution in [-0.2, 0) is 14.3 Å². The number of esters is 1. The highest BCUT2D eigenvalue weighted by Gasteiger charge is 2.42. The molecule has 0 spiro atoms. The monoisotopic (exact) mass is 228 g/mol. The lowest BCUT2D eigenvalue weighted by atomic mass is 9.81. The first kappa shape index (κ1) is 13.0.